The molecule has 0 fully saturated rings. The highest BCUT2D eigenvalue weighted by molar-refractivity contribution is 5.38. The van der Waals surface area contributed by atoms with Gasteiger partial charge in [0.25, 0.3) is 0 Å². The number of likely N-dealkylation sites (N-methyl/N-ethyl adjacent to an activating group) is 1. The lowest BCUT2D eigenvalue weighted by molar-refractivity contribution is 0.790. The van der Waals surface area contributed by atoms with Gasteiger partial charge in [-0.15, -0.1) is 0 Å². The molecule has 0 atom stereocenters. The number of hydrogen-bond donors (Lipinski definition) is 1. The van der Waals surface area contributed by atoms with Crippen molar-refractivity contribution in [3.63, 3.8) is 0 Å². The minimum Gasteiger partial charge on any atom is -0.356 e. The Kier molecular flexibility index (Phi) is 5.04. The molecule has 0 unspecified atom stereocenters. The molecule has 0 spiro atoms. The van der Waals surface area contributed by atoms with E-state index in [0.717, 1.165) is 37.4 Å². The van der Waals surface area contributed by atoms with Gasteiger partial charge in [-0.2, -0.15) is 0 Å². The normalized spacial score (nSPS) is 10.3. The van der Waals surface area contributed by atoms with Crippen LogP contribution in [0.4, 0.5) is 5.82 Å². The molecule has 2 N–H and O–H groups in total. The maximum atomic E-state index is 5.55. The summed E-state index contributed by atoms with van der Waals surface area (Å²) in [5, 5.41) is 0. The van der Waals surface area contributed by atoms with Gasteiger partial charge in [0.15, 0.2) is 0 Å². The Balaban J connectivity index is 2.77. The predicted octanol–water partition coefficient (Wildman–Crippen LogP) is 1.21. The van der Waals surface area contributed by atoms with E-state index in [1.54, 1.807) is 6.33 Å². The fourth-order valence-corrected chi connectivity index (χ4v) is 1.54. The zero-order chi connectivity index (χ0) is 11.1. The van der Waals surface area contributed by atoms with E-state index in [2.05, 4.69) is 34.8 Å². The summed E-state index contributed by atoms with van der Waals surface area (Å²) in [6, 6.07) is 2.06. The van der Waals surface area contributed by atoms with Gasteiger partial charge in [-0.25, -0.2) is 9.97 Å². The minimum atomic E-state index is 0.654. The quantitative estimate of drug-likeness (QED) is 0.763. The van der Waals surface area contributed by atoms with Crippen LogP contribution in [0.15, 0.2) is 12.4 Å². The van der Waals surface area contributed by atoms with Crippen LogP contribution >= 0.6 is 0 Å². The van der Waals surface area contributed by atoms with Crippen molar-refractivity contribution in [3.8, 4) is 0 Å². The zero-order valence-electron chi connectivity index (χ0n) is 9.61. The summed E-state index contributed by atoms with van der Waals surface area (Å²) in [5.74, 6) is 0.987. The molecule has 0 amide bonds. The monoisotopic (exact) mass is 208 g/mol. The predicted molar refractivity (Wildman–Crippen MR) is 63.0 cm³/mol. The van der Waals surface area contributed by atoms with Crippen LogP contribution in [0, 0.1) is 0 Å². The second-order valence-electron chi connectivity index (χ2n) is 3.49. The number of hydrogen-bond acceptors (Lipinski definition) is 4. The van der Waals surface area contributed by atoms with Gasteiger partial charge in [0.05, 0.1) is 0 Å². The first-order valence-corrected chi connectivity index (χ1v) is 5.57. The zero-order valence-corrected chi connectivity index (χ0v) is 9.61. The smallest absolute Gasteiger partial charge is 0.132 e. The molecule has 0 saturated carbocycles. The van der Waals surface area contributed by atoms with E-state index >= 15 is 0 Å². The number of nitrogens with zero attached hydrogens (tertiary/aromatic N) is 3. The van der Waals surface area contributed by atoms with E-state index in [0.29, 0.717) is 6.54 Å². The molecule has 0 aromatic carbocycles. The van der Waals surface area contributed by atoms with Gasteiger partial charge in [-0.1, -0.05) is 13.3 Å². The molecule has 0 aliphatic carbocycles. The minimum absolute atomic E-state index is 0.654. The van der Waals surface area contributed by atoms with Gasteiger partial charge >= 0.3 is 0 Å². The van der Waals surface area contributed by atoms with E-state index in [-0.39, 0.29) is 0 Å². The second-order valence-corrected chi connectivity index (χ2v) is 3.49. The Bertz CT molecular complexity index is 288. The van der Waals surface area contributed by atoms with E-state index in [1.165, 1.54) is 0 Å². The first-order valence-electron chi connectivity index (χ1n) is 5.57. The number of anilines is 1. The van der Waals surface area contributed by atoms with Crippen LogP contribution in [0.25, 0.3) is 0 Å². The third-order valence-electron chi connectivity index (χ3n) is 2.32. The summed E-state index contributed by atoms with van der Waals surface area (Å²) < 4.78 is 0. The third kappa shape index (κ3) is 3.47. The van der Waals surface area contributed by atoms with Gasteiger partial charge < -0.3 is 10.6 Å². The average molecular weight is 208 g/mol. The molecular weight excluding hydrogens is 188 g/mol. The number of rotatable bonds is 6. The van der Waals surface area contributed by atoms with Gasteiger partial charge in [0.2, 0.25) is 0 Å². The molecule has 15 heavy (non-hydrogen) atoms. The van der Waals surface area contributed by atoms with Crippen LogP contribution in [0.5, 0.6) is 0 Å². The van der Waals surface area contributed by atoms with Crippen molar-refractivity contribution in [1.82, 2.24) is 9.97 Å². The van der Waals surface area contributed by atoms with Crippen LogP contribution in [0.3, 0.4) is 0 Å². The number of aryl methyl sites for hydroxylation is 1. The summed E-state index contributed by atoms with van der Waals surface area (Å²) in [5.41, 5.74) is 6.66. The van der Waals surface area contributed by atoms with Crippen molar-refractivity contribution in [2.45, 2.75) is 26.7 Å². The van der Waals surface area contributed by atoms with Crippen LogP contribution in [0.2, 0.25) is 0 Å². The van der Waals surface area contributed by atoms with Crippen molar-refractivity contribution in [3.05, 3.63) is 18.1 Å². The van der Waals surface area contributed by atoms with E-state index < -0.39 is 0 Å². The Morgan fingerprint density at radius 2 is 2.13 bits per heavy atom. The molecule has 1 aromatic rings. The van der Waals surface area contributed by atoms with Crippen LogP contribution < -0.4 is 10.6 Å². The lowest BCUT2D eigenvalue weighted by atomic mass is 10.2. The van der Waals surface area contributed by atoms with Gasteiger partial charge in [0.1, 0.15) is 12.1 Å². The molecule has 0 aliphatic heterocycles. The molecule has 4 nitrogen and oxygen atoms in total. The summed E-state index contributed by atoms with van der Waals surface area (Å²) >= 11 is 0. The number of nitrogens with two attached hydrogens (primary N) is 1. The fourth-order valence-electron chi connectivity index (χ4n) is 1.54. The highest BCUT2D eigenvalue weighted by Gasteiger charge is 2.05. The summed E-state index contributed by atoms with van der Waals surface area (Å²) in [7, 11) is 0. The molecule has 0 saturated heterocycles. The molecule has 0 aliphatic rings. The first kappa shape index (κ1) is 11.9. The van der Waals surface area contributed by atoms with Crippen LogP contribution in [-0.4, -0.2) is 29.6 Å². The summed E-state index contributed by atoms with van der Waals surface area (Å²) in [6.07, 6.45) is 3.76. The van der Waals surface area contributed by atoms with E-state index in [9.17, 15) is 0 Å². The molecule has 1 aromatic heterocycles. The Hall–Kier alpha value is -1.16. The Labute approximate surface area is 91.5 Å². The van der Waals surface area contributed by atoms with Crippen molar-refractivity contribution >= 4 is 5.82 Å². The average Bonchev–Trinajstić information content (AvgIpc) is 2.27. The highest BCUT2D eigenvalue weighted by Crippen LogP contribution is 2.11. The lowest BCUT2D eigenvalue weighted by Crippen LogP contribution is -2.29. The molecule has 0 bridgehead atoms. The first-order chi connectivity index (χ1) is 7.31. The van der Waals surface area contributed by atoms with Gasteiger partial charge in [-0.3, -0.25) is 0 Å². The summed E-state index contributed by atoms with van der Waals surface area (Å²) in [6.45, 7) is 6.69. The van der Waals surface area contributed by atoms with E-state index in [1.807, 2.05) is 0 Å². The molecular formula is C11H20N4. The van der Waals surface area contributed by atoms with Crippen molar-refractivity contribution in [2.24, 2.45) is 5.73 Å². The van der Waals surface area contributed by atoms with Crippen LogP contribution in [0.1, 0.15) is 26.0 Å². The van der Waals surface area contributed by atoms with Crippen LogP contribution in [-0.2, 0) is 6.42 Å². The maximum Gasteiger partial charge on any atom is 0.132 e. The summed E-state index contributed by atoms with van der Waals surface area (Å²) in [4.78, 5) is 10.7. The van der Waals surface area contributed by atoms with E-state index in [4.69, 9.17) is 5.73 Å². The van der Waals surface area contributed by atoms with Gasteiger partial charge in [-0.05, 0) is 13.3 Å². The Morgan fingerprint density at radius 3 is 2.73 bits per heavy atom. The second kappa shape index (κ2) is 6.35. The molecule has 0 radical (unpaired) electrons. The maximum absolute atomic E-state index is 5.55. The van der Waals surface area contributed by atoms with Crippen molar-refractivity contribution < 1.29 is 0 Å². The highest BCUT2D eigenvalue weighted by atomic mass is 15.2. The van der Waals surface area contributed by atoms with Crippen molar-refractivity contribution in [2.75, 3.05) is 24.5 Å². The Morgan fingerprint density at radius 1 is 1.33 bits per heavy atom. The molecule has 1 rings (SSSR count). The lowest BCUT2D eigenvalue weighted by Gasteiger charge is -2.21. The number of aromatic nitrogens is 2. The fraction of sp³-hybridized carbons (Fsp3) is 0.636. The molecule has 84 valence electrons. The third-order valence-corrected chi connectivity index (χ3v) is 2.32. The topological polar surface area (TPSA) is 55.0 Å². The van der Waals surface area contributed by atoms with Gasteiger partial charge in [0, 0.05) is 31.4 Å². The standard InChI is InChI=1S/C11H20N4/c1-3-5-10-8-11(14-9-13-10)15(4-2)7-6-12/h8-9H,3-7,12H2,1-2H3. The van der Waals surface area contributed by atoms with Crippen molar-refractivity contribution in [1.29, 1.82) is 0 Å². The largest absolute Gasteiger partial charge is 0.356 e. The SMILES string of the molecule is CCCc1cc(N(CC)CCN)ncn1. The molecule has 1 heterocycles. The molecule has 4 heteroatoms.